The van der Waals surface area contributed by atoms with E-state index in [9.17, 15) is 4.79 Å². The van der Waals surface area contributed by atoms with Gasteiger partial charge in [-0.2, -0.15) is 0 Å². The predicted octanol–water partition coefficient (Wildman–Crippen LogP) is 1.46. The Labute approximate surface area is 111 Å². The Balaban J connectivity index is 2.43. The Bertz CT molecular complexity index is 412. The molecule has 1 aromatic heterocycles. The topological polar surface area (TPSA) is 88.2 Å². The number of halogens is 1. The highest BCUT2D eigenvalue weighted by Crippen LogP contribution is 2.14. The molecule has 0 saturated heterocycles. The summed E-state index contributed by atoms with van der Waals surface area (Å²) in [7, 11) is 0. The average Bonchev–Trinajstić information content (AvgIpc) is 2.36. The van der Waals surface area contributed by atoms with Crippen LogP contribution in [-0.2, 0) is 0 Å². The molecular weight excluding hydrogens is 254 g/mol. The number of aliphatic hydroxyl groups is 1. The van der Waals surface area contributed by atoms with Crippen LogP contribution in [0.2, 0.25) is 5.15 Å². The first-order valence-corrected chi connectivity index (χ1v) is 6.22. The molecule has 5 nitrogen and oxygen atoms in total. The van der Waals surface area contributed by atoms with Crippen LogP contribution in [0.3, 0.4) is 0 Å². The molecule has 6 heteroatoms. The fourth-order valence-corrected chi connectivity index (χ4v) is 1.63. The van der Waals surface area contributed by atoms with Gasteiger partial charge in [0.1, 0.15) is 5.15 Å². The number of hydrogen-bond acceptors (Lipinski definition) is 4. The first-order valence-electron chi connectivity index (χ1n) is 5.84. The van der Waals surface area contributed by atoms with Gasteiger partial charge in [0, 0.05) is 13.2 Å². The summed E-state index contributed by atoms with van der Waals surface area (Å²) < 4.78 is 0. The molecular formula is C12H18ClN3O2. The van der Waals surface area contributed by atoms with Crippen LogP contribution >= 0.6 is 11.6 Å². The van der Waals surface area contributed by atoms with E-state index in [-0.39, 0.29) is 23.6 Å². The van der Waals surface area contributed by atoms with Gasteiger partial charge in [-0.3, -0.25) is 4.79 Å². The second kappa shape index (κ2) is 7.18. The summed E-state index contributed by atoms with van der Waals surface area (Å²) in [6.07, 6.45) is 3.04. The summed E-state index contributed by atoms with van der Waals surface area (Å²) in [4.78, 5) is 15.6. The van der Waals surface area contributed by atoms with Crippen molar-refractivity contribution in [2.45, 2.75) is 19.8 Å². The molecule has 1 aromatic rings. The summed E-state index contributed by atoms with van der Waals surface area (Å²) in [5, 5.41) is 11.9. The monoisotopic (exact) mass is 271 g/mol. The summed E-state index contributed by atoms with van der Waals surface area (Å²) in [5.41, 5.74) is 6.29. The Morgan fingerprint density at radius 2 is 2.39 bits per heavy atom. The second-order valence-electron chi connectivity index (χ2n) is 4.28. The minimum atomic E-state index is -0.256. The molecule has 4 N–H and O–H groups in total. The highest BCUT2D eigenvalue weighted by atomic mass is 35.5. The van der Waals surface area contributed by atoms with E-state index in [0.717, 1.165) is 12.8 Å². The number of nitrogens with one attached hydrogen (secondary N) is 1. The number of anilines is 1. The van der Waals surface area contributed by atoms with Gasteiger partial charge in [0.25, 0.3) is 5.91 Å². The van der Waals surface area contributed by atoms with Gasteiger partial charge in [-0.1, -0.05) is 18.5 Å². The zero-order valence-electron chi connectivity index (χ0n) is 10.3. The Morgan fingerprint density at radius 3 is 3.06 bits per heavy atom. The zero-order chi connectivity index (χ0) is 13.5. The van der Waals surface area contributed by atoms with Crippen LogP contribution < -0.4 is 11.1 Å². The van der Waals surface area contributed by atoms with Crippen LogP contribution in [0, 0.1) is 5.92 Å². The van der Waals surface area contributed by atoms with Gasteiger partial charge in [-0.05, 0) is 24.8 Å². The molecule has 0 bridgehead atoms. The molecule has 0 spiro atoms. The largest absolute Gasteiger partial charge is 0.397 e. The van der Waals surface area contributed by atoms with Crippen LogP contribution in [0.1, 0.15) is 30.1 Å². The molecule has 0 aromatic carbocycles. The van der Waals surface area contributed by atoms with E-state index >= 15 is 0 Å². The molecule has 0 fully saturated rings. The van der Waals surface area contributed by atoms with E-state index < -0.39 is 0 Å². The Kier molecular flexibility index (Phi) is 5.88. The highest BCUT2D eigenvalue weighted by molar-refractivity contribution is 6.29. The van der Waals surface area contributed by atoms with Crippen molar-refractivity contribution in [3.8, 4) is 0 Å². The van der Waals surface area contributed by atoms with Crippen molar-refractivity contribution in [1.82, 2.24) is 10.3 Å². The van der Waals surface area contributed by atoms with Crippen LogP contribution in [0.25, 0.3) is 0 Å². The SMILES string of the molecule is CC(CO)CCCNC(=O)c1cc(Cl)ncc1N. The van der Waals surface area contributed by atoms with Crippen molar-refractivity contribution < 1.29 is 9.90 Å². The van der Waals surface area contributed by atoms with E-state index in [0.29, 0.717) is 17.8 Å². The van der Waals surface area contributed by atoms with Crippen LogP contribution in [0.5, 0.6) is 0 Å². The zero-order valence-corrected chi connectivity index (χ0v) is 11.1. The fraction of sp³-hybridized carbons (Fsp3) is 0.500. The Hall–Kier alpha value is -1.33. The van der Waals surface area contributed by atoms with Crippen LogP contribution in [0.15, 0.2) is 12.3 Å². The fourth-order valence-electron chi connectivity index (χ4n) is 1.48. The average molecular weight is 272 g/mol. The molecule has 0 radical (unpaired) electrons. The number of nitrogens with zero attached hydrogens (tertiary/aromatic N) is 1. The first-order chi connectivity index (χ1) is 8.54. The summed E-state index contributed by atoms with van der Waals surface area (Å²) in [5.74, 6) is -0.00390. The lowest BCUT2D eigenvalue weighted by molar-refractivity contribution is 0.0953. The molecule has 1 heterocycles. The summed E-state index contributed by atoms with van der Waals surface area (Å²) in [6.45, 7) is 2.67. The third-order valence-corrected chi connectivity index (χ3v) is 2.82. The molecule has 0 aliphatic heterocycles. The molecule has 0 saturated carbocycles. The highest BCUT2D eigenvalue weighted by Gasteiger charge is 2.10. The third-order valence-electron chi connectivity index (χ3n) is 2.62. The second-order valence-corrected chi connectivity index (χ2v) is 4.67. The maximum Gasteiger partial charge on any atom is 0.253 e. The van der Waals surface area contributed by atoms with Crippen LogP contribution in [-0.4, -0.2) is 29.1 Å². The van der Waals surface area contributed by atoms with E-state index in [4.69, 9.17) is 22.4 Å². The maximum atomic E-state index is 11.8. The smallest absolute Gasteiger partial charge is 0.253 e. The quantitative estimate of drug-likeness (QED) is 0.540. The lowest BCUT2D eigenvalue weighted by atomic mass is 10.1. The predicted molar refractivity (Wildman–Crippen MR) is 71.5 cm³/mol. The van der Waals surface area contributed by atoms with Crippen molar-refractivity contribution in [2.75, 3.05) is 18.9 Å². The molecule has 1 atom stereocenters. The van der Waals surface area contributed by atoms with Crippen molar-refractivity contribution in [2.24, 2.45) is 5.92 Å². The number of pyridine rings is 1. The molecule has 0 aliphatic rings. The van der Waals surface area contributed by atoms with Crippen molar-refractivity contribution >= 4 is 23.2 Å². The minimum absolute atomic E-state index is 0.168. The number of amides is 1. The van der Waals surface area contributed by atoms with Crippen LogP contribution in [0.4, 0.5) is 5.69 Å². The molecule has 1 rings (SSSR count). The summed E-state index contributed by atoms with van der Waals surface area (Å²) in [6, 6.07) is 1.45. The minimum Gasteiger partial charge on any atom is -0.397 e. The number of rotatable bonds is 6. The van der Waals surface area contributed by atoms with Gasteiger partial charge >= 0.3 is 0 Å². The standard InChI is InChI=1S/C12H18ClN3O2/c1-8(7-17)3-2-4-15-12(18)9-5-11(13)16-6-10(9)14/h5-6,8,17H,2-4,7,14H2,1H3,(H,15,18). The number of aliphatic hydroxyl groups excluding tert-OH is 1. The van der Waals surface area contributed by atoms with E-state index in [1.165, 1.54) is 12.3 Å². The molecule has 100 valence electrons. The van der Waals surface area contributed by atoms with Gasteiger partial charge in [0.2, 0.25) is 0 Å². The van der Waals surface area contributed by atoms with Gasteiger partial charge in [0.05, 0.1) is 17.4 Å². The van der Waals surface area contributed by atoms with Crippen molar-refractivity contribution in [3.63, 3.8) is 0 Å². The van der Waals surface area contributed by atoms with Gasteiger partial charge in [-0.25, -0.2) is 4.98 Å². The first kappa shape index (κ1) is 14.7. The van der Waals surface area contributed by atoms with Gasteiger partial charge in [-0.15, -0.1) is 0 Å². The molecule has 1 unspecified atom stereocenters. The van der Waals surface area contributed by atoms with Crippen molar-refractivity contribution in [3.05, 3.63) is 23.0 Å². The van der Waals surface area contributed by atoms with Gasteiger partial charge in [0.15, 0.2) is 0 Å². The molecule has 0 aliphatic carbocycles. The maximum absolute atomic E-state index is 11.8. The Morgan fingerprint density at radius 1 is 1.67 bits per heavy atom. The number of nitrogens with two attached hydrogens (primary N) is 1. The third kappa shape index (κ3) is 4.50. The van der Waals surface area contributed by atoms with E-state index in [1.54, 1.807) is 0 Å². The normalized spacial score (nSPS) is 12.2. The number of carbonyl (C=O) groups excluding carboxylic acids is 1. The van der Waals surface area contributed by atoms with E-state index in [1.807, 2.05) is 6.92 Å². The van der Waals surface area contributed by atoms with Gasteiger partial charge < -0.3 is 16.2 Å². The number of hydrogen-bond donors (Lipinski definition) is 3. The van der Waals surface area contributed by atoms with E-state index in [2.05, 4.69) is 10.3 Å². The molecule has 1 amide bonds. The lowest BCUT2D eigenvalue weighted by Gasteiger charge is -2.09. The number of carbonyl (C=O) groups is 1. The molecule has 18 heavy (non-hydrogen) atoms. The lowest BCUT2D eigenvalue weighted by Crippen LogP contribution is -2.25. The van der Waals surface area contributed by atoms with Crippen molar-refractivity contribution in [1.29, 1.82) is 0 Å². The summed E-state index contributed by atoms with van der Waals surface area (Å²) >= 11 is 5.71. The number of nitrogen functional groups attached to an aromatic ring is 1. The number of aromatic nitrogens is 1.